The summed E-state index contributed by atoms with van der Waals surface area (Å²) in [4.78, 5) is 23.0. The highest BCUT2D eigenvalue weighted by Crippen LogP contribution is 2.66. The van der Waals surface area contributed by atoms with E-state index in [1.807, 2.05) is 30.3 Å². The summed E-state index contributed by atoms with van der Waals surface area (Å²) in [5.41, 5.74) is 0.655. The molecule has 1 aromatic carbocycles. The third-order valence-electron chi connectivity index (χ3n) is 4.42. The lowest BCUT2D eigenvalue weighted by Gasteiger charge is -2.63. The summed E-state index contributed by atoms with van der Waals surface area (Å²) >= 11 is 0. The SMILES string of the molecule is O=C(NC(C(=O)O)C12CC(C1)C2)OCc1ccccc1. The molecule has 5 heteroatoms. The van der Waals surface area contributed by atoms with Crippen LogP contribution in [0.3, 0.4) is 0 Å². The molecule has 0 saturated heterocycles. The second-order valence-electron chi connectivity index (χ2n) is 5.82. The normalized spacial score (nSPS) is 27.7. The number of benzene rings is 1. The molecule has 3 aliphatic carbocycles. The van der Waals surface area contributed by atoms with E-state index >= 15 is 0 Å². The fourth-order valence-corrected chi connectivity index (χ4v) is 3.26. The van der Waals surface area contributed by atoms with Gasteiger partial charge in [0.1, 0.15) is 12.6 Å². The number of aliphatic carboxylic acids is 1. The molecule has 20 heavy (non-hydrogen) atoms. The molecule has 3 aliphatic rings. The molecule has 1 amide bonds. The van der Waals surface area contributed by atoms with Crippen LogP contribution >= 0.6 is 0 Å². The van der Waals surface area contributed by atoms with Crippen molar-refractivity contribution in [2.24, 2.45) is 11.3 Å². The Balaban J connectivity index is 1.53. The van der Waals surface area contributed by atoms with Crippen LogP contribution in [0.2, 0.25) is 0 Å². The van der Waals surface area contributed by atoms with Gasteiger partial charge in [-0.25, -0.2) is 9.59 Å². The van der Waals surface area contributed by atoms with E-state index in [0.717, 1.165) is 24.8 Å². The fourth-order valence-electron chi connectivity index (χ4n) is 3.26. The molecule has 0 spiro atoms. The van der Waals surface area contributed by atoms with Gasteiger partial charge in [0.25, 0.3) is 0 Å². The first-order valence-corrected chi connectivity index (χ1v) is 6.79. The lowest BCUT2D eigenvalue weighted by atomic mass is 9.42. The molecule has 0 aromatic heterocycles. The van der Waals surface area contributed by atoms with Crippen molar-refractivity contribution < 1.29 is 19.4 Å². The number of carbonyl (C=O) groups is 2. The molecule has 3 fully saturated rings. The number of alkyl carbamates (subject to hydrolysis) is 1. The highest BCUT2D eigenvalue weighted by molar-refractivity contribution is 5.81. The van der Waals surface area contributed by atoms with Gasteiger partial charge in [-0.1, -0.05) is 30.3 Å². The lowest BCUT2D eigenvalue weighted by Crippen LogP contribution is -2.66. The Bertz CT molecular complexity index is 511. The number of nitrogens with one attached hydrogen (secondary N) is 1. The van der Waals surface area contributed by atoms with Gasteiger partial charge in [-0.3, -0.25) is 0 Å². The Kier molecular flexibility index (Phi) is 3.12. The fraction of sp³-hybridized carbons (Fsp3) is 0.467. The van der Waals surface area contributed by atoms with Crippen molar-refractivity contribution in [3.05, 3.63) is 35.9 Å². The Morgan fingerprint density at radius 2 is 1.95 bits per heavy atom. The van der Waals surface area contributed by atoms with Gasteiger partial charge in [-0.15, -0.1) is 0 Å². The zero-order valence-electron chi connectivity index (χ0n) is 11.0. The van der Waals surface area contributed by atoms with E-state index in [0.29, 0.717) is 5.92 Å². The smallest absolute Gasteiger partial charge is 0.408 e. The highest BCUT2D eigenvalue weighted by Gasteiger charge is 2.63. The maximum Gasteiger partial charge on any atom is 0.408 e. The minimum atomic E-state index is -0.972. The summed E-state index contributed by atoms with van der Waals surface area (Å²) in [5, 5.41) is 11.8. The molecule has 1 aromatic rings. The van der Waals surface area contributed by atoms with Crippen molar-refractivity contribution in [3.8, 4) is 0 Å². The van der Waals surface area contributed by atoms with E-state index in [2.05, 4.69) is 5.32 Å². The Hall–Kier alpha value is -2.04. The third kappa shape index (κ3) is 2.24. The van der Waals surface area contributed by atoms with E-state index in [9.17, 15) is 14.7 Å². The second kappa shape index (κ2) is 4.81. The molecule has 1 unspecified atom stereocenters. The molecule has 0 aliphatic heterocycles. The van der Waals surface area contributed by atoms with Crippen molar-refractivity contribution in [1.29, 1.82) is 0 Å². The van der Waals surface area contributed by atoms with Crippen LogP contribution in [-0.2, 0) is 16.1 Å². The zero-order valence-corrected chi connectivity index (χ0v) is 11.0. The number of hydrogen-bond acceptors (Lipinski definition) is 3. The Morgan fingerprint density at radius 3 is 2.45 bits per heavy atom. The summed E-state index contributed by atoms with van der Waals surface area (Å²) in [5.74, 6) is -0.307. The van der Waals surface area contributed by atoms with Crippen LogP contribution in [0.4, 0.5) is 4.79 Å². The molecule has 0 radical (unpaired) electrons. The van der Waals surface area contributed by atoms with Gasteiger partial charge < -0.3 is 15.2 Å². The van der Waals surface area contributed by atoms with E-state index < -0.39 is 18.1 Å². The largest absolute Gasteiger partial charge is 0.480 e. The summed E-state index contributed by atoms with van der Waals surface area (Å²) in [6.45, 7) is 0.147. The van der Waals surface area contributed by atoms with Crippen molar-refractivity contribution in [3.63, 3.8) is 0 Å². The summed E-state index contributed by atoms with van der Waals surface area (Å²) < 4.78 is 5.08. The van der Waals surface area contributed by atoms with Crippen LogP contribution in [0.25, 0.3) is 0 Å². The van der Waals surface area contributed by atoms with E-state index in [4.69, 9.17) is 4.74 Å². The number of rotatable bonds is 5. The van der Waals surface area contributed by atoms with Crippen molar-refractivity contribution in [2.45, 2.75) is 31.9 Å². The average Bonchev–Trinajstić information content (AvgIpc) is 2.33. The van der Waals surface area contributed by atoms with Crippen LogP contribution in [0.1, 0.15) is 24.8 Å². The van der Waals surface area contributed by atoms with Gasteiger partial charge in [0, 0.05) is 5.41 Å². The predicted molar refractivity (Wildman–Crippen MR) is 71.0 cm³/mol. The molecule has 106 valence electrons. The van der Waals surface area contributed by atoms with Gasteiger partial charge in [-0.05, 0) is 30.7 Å². The van der Waals surface area contributed by atoms with Crippen LogP contribution < -0.4 is 5.32 Å². The first-order chi connectivity index (χ1) is 9.59. The van der Waals surface area contributed by atoms with Crippen molar-refractivity contribution >= 4 is 12.1 Å². The van der Waals surface area contributed by atoms with Gasteiger partial charge in [0.05, 0.1) is 0 Å². The summed E-state index contributed by atoms with van der Waals surface area (Å²) in [6.07, 6.45) is 2.06. The molecule has 0 heterocycles. The van der Waals surface area contributed by atoms with E-state index in [1.54, 1.807) is 0 Å². The number of carbonyl (C=O) groups excluding carboxylic acids is 1. The minimum Gasteiger partial charge on any atom is -0.480 e. The van der Waals surface area contributed by atoms with Crippen LogP contribution in [0, 0.1) is 11.3 Å². The van der Waals surface area contributed by atoms with Crippen molar-refractivity contribution in [2.75, 3.05) is 0 Å². The first kappa shape index (κ1) is 13.0. The van der Waals surface area contributed by atoms with Gasteiger partial charge in [0.2, 0.25) is 0 Å². The number of amides is 1. The summed E-state index contributed by atoms with van der Waals surface area (Å²) in [6, 6.07) is 8.48. The van der Waals surface area contributed by atoms with Gasteiger partial charge in [-0.2, -0.15) is 0 Å². The lowest BCUT2D eigenvalue weighted by molar-refractivity contribution is -0.169. The van der Waals surface area contributed by atoms with E-state index in [1.165, 1.54) is 0 Å². The quantitative estimate of drug-likeness (QED) is 0.863. The number of hydrogen-bond donors (Lipinski definition) is 2. The topological polar surface area (TPSA) is 75.6 Å². The summed E-state index contributed by atoms with van der Waals surface area (Å²) in [7, 11) is 0. The molecule has 5 nitrogen and oxygen atoms in total. The van der Waals surface area contributed by atoms with Gasteiger partial charge in [0.15, 0.2) is 0 Å². The van der Waals surface area contributed by atoms with Crippen molar-refractivity contribution in [1.82, 2.24) is 5.32 Å². The predicted octanol–water partition coefficient (Wildman–Crippen LogP) is 2.17. The minimum absolute atomic E-state index is 0.147. The number of carboxylic acid groups (broad SMARTS) is 1. The second-order valence-corrected chi connectivity index (χ2v) is 5.82. The van der Waals surface area contributed by atoms with E-state index in [-0.39, 0.29) is 12.0 Å². The molecule has 1 atom stereocenters. The number of carboxylic acids is 1. The Morgan fingerprint density at radius 1 is 1.30 bits per heavy atom. The maximum atomic E-state index is 11.7. The van der Waals surface area contributed by atoms with Crippen LogP contribution in [0.15, 0.2) is 30.3 Å². The molecular weight excluding hydrogens is 258 g/mol. The average molecular weight is 275 g/mol. The molecule has 2 N–H and O–H groups in total. The Labute approximate surface area is 116 Å². The van der Waals surface area contributed by atoms with Crippen LogP contribution in [-0.4, -0.2) is 23.2 Å². The molecule has 4 rings (SSSR count). The first-order valence-electron chi connectivity index (χ1n) is 6.79. The highest BCUT2D eigenvalue weighted by atomic mass is 16.5. The molecule has 2 bridgehead atoms. The standard InChI is InChI=1S/C15H17NO4/c17-13(18)12(15-6-11(7-15)8-15)16-14(19)20-9-10-4-2-1-3-5-10/h1-5,11-12H,6-9H2,(H,16,19)(H,17,18). The maximum absolute atomic E-state index is 11.7. The number of ether oxygens (including phenoxy) is 1. The van der Waals surface area contributed by atoms with Crippen LogP contribution in [0.5, 0.6) is 0 Å². The van der Waals surface area contributed by atoms with Gasteiger partial charge >= 0.3 is 12.1 Å². The third-order valence-corrected chi connectivity index (χ3v) is 4.42. The molecular formula is C15H17NO4. The monoisotopic (exact) mass is 275 g/mol. The zero-order chi connectivity index (χ0) is 14.2. The molecule has 3 saturated carbocycles.